The van der Waals surface area contributed by atoms with Crippen LogP contribution in [0.15, 0.2) is 22.7 Å². The number of nitrogens with one attached hydrogen (secondary N) is 1. The fourth-order valence-corrected chi connectivity index (χ4v) is 3.52. The van der Waals surface area contributed by atoms with E-state index in [0.29, 0.717) is 12.1 Å². The van der Waals surface area contributed by atoms with Crippen LogP contribution in [0.1, 0.15) is 30.0 Å². The first kappa shape index (κ1) is 11.7. The summed E-state index contributed by atoms with van der Waals surface area (Å²) in [7, 11) is 2.21. The lowest BCUT2D eigenvalue weighted by molar-refractivity contribution is 0.381. The van der Waals surface area contributed by atoms with Gasteiger partial charge >= 0.3 is 0 Å². The lowest BCUT2D eigenvalue weighted by atomic mass is 10.1. The minimum Gasteiger partial charge on any atom is -0.306 e. The van der Waals surface area contributed by atoms with Crippen LogP contribution in [0.25, 0.3) is 0 Å². The van der Waals surface area contributed by atoms with Gasteiger partial charge in [-0.3, -0.25) is 0 Å². The molecular formula is C14H19BrN2. The summed E-state index contributed by atoms with van der Waals surface area (Å²) in [6, 6.07) is 7.98. The smallest absolute Gasteiger partial charge is 0.0329 e. The zero-order valence-electron chi connectivity index (χ0n) is 10.2. The molecule has 1 saturated heterocycles. The predicted octanol–water partition coefficient (Wildman–Crippen LogP) is 2.73. The van der Waals surface area contributed by atoms with Crippen molar-refractivity contribution in [1.82, 2.24) is 10.2 Å². The second kappa shape index (κ2) is 4.71. The van der Waals surface area contributed by atoms with Crippen LogP contribution in [0, 0.1) is 0 Å². The number of hydrogen-bond acceptors (Lipinski definition) is 2. The maximum absolute atomic E-state index is 3.83. The highest BCUT2D eigenvalue weighted by Gasteiger charge is 2.27. The summed E-state index contributed by atoms with van der Waals surface area (Å²) in [6.45, 7) is 2.43. The number of fused-ring (bicyclic) bond motifs is 1. The highest BCUT2D eigenvalue weighted by Crippen LogP contribution is 2.33. The van der Waals surface area contributed by atoms with E-state index in [1.54, 1.807) is 0 Å². The number of likely N-dealkylation sites (N-methyl/N-ethyl adjacent to an activating group) is 1. The zero-order chi connectivity index (χ0) is 11.8. The molecule has 2 atom stereocenters. The van der Waals surface area contributed by atoms with E-state index in [9.17, 15) is 0 Å². The van der Waals surface area contributed by atoms with Gasteiger partial charge in [-0.15, -0.1) is 0 Å². The molecule has 0 aromatic heterocycles. The normalized spacial score (nSPS) is 28.6. The van der Waals surface area contributed by atoms with Crippen molar-refractivity contribution in [3.05, 3.63) is 33.8 Å². The van der Waals surface area contributed by atoms with Crippen LogP contribution < -0.4 is 5.32 Å². The molecule has 1 aliphatic heterocycles. The van der Waals surface area contributed by atoms with E-state index in [2.05, 4.69) is 51.4 Å². The topological polar surface area (TPSA) is 15.3 Å². The van der Waals surface area contributed by atoms with Crippen molar-refractivity contribution in [2.45, 2.75) is 31.3 Å². The van der Waals surface area contributed by atoms with E-state index < -0.39 is 0 Å². The Balaban J connectivity index is 1.71. The minimum atomic E-state index is 0.578. The molecular weight excluding hydrogens is 276 g/mol. The Labute approximate surface area is 112 Å². The van der Waals surface area contributed by atoms with Crippen LogP contribution in [0.3, 0.4) is 0 Å². The molecule has 17 heavy (non-hydrogen) atoms. The highest BCUT2D eigenvalue weighted by molar-refractivity contribution is 9.10. The number of likely N-dealkylation sites (tertiary alicyclic amines) is 1. The molecule has 3 rings (SSSR count). The molecule has 3 heteroatoms. The van der Waals surface area contributed by atoms with E-state index >= 15 is 0 Å². The summed E-state index contributed by atoms with van der Waals surface area (Å²) >= 11 is 3.55. The molecule has 1 heterocycles. The molecule has 0 amide bonds. The summed E-state index contributed by atoms with van der Waals surface area (Å²) < 4.78 is 1.21. The summed E-state index contributed by atoms with van der Waals surface area (Å²) in [5.74, 6) is 0. The average Bonchev–Trinajstić information content (AvgIpc) is 2.86. The van der Waals surface area contributed by atoms with E-state index in [4.69, 9.17) is 0 Å². The first-order valence-electron chi connectivity index (χ1n) is 6.45. The van der Waals surface area contributed by atoms with Gasteiger partial charge in [0.25, 0.3) is 0 Å². The van der Waals surface area contributed by atoms with E-state index in [0.717, 1.165) is 0 Å². The van der Waals surface area contributed by atoms with Gasteiger partial charge in [-0.2, -0.15) is 0 Å². The quantitative estimate of drug-likeness (QED) is 0.902. The van der Waals surface area contributed by atoms with Crippen LogP contribution in [-0.2, 0) is 6.42 Å². The molecule has 1 fully saturated rings. The third-order valence-electron chi connectivity index (χ3n) is 4.01. The highest BCUT2D eigenvalue weighted by atomic mass is 79.9. The molecule has 0 bridgehead atoms. The van der Waals surface area contributed by atoms with E-state index in [1.807, 2.05) is 0 Å². The fraction of sp³-hybridized carbons (Fsp3) is 0.571. The molecule has 0 saturated carbocycles. The summed E-state index contributed by atoms with van der Waals surface area (Å²) in [4.78, 5) is 2.41. The molecule has 0 radical (unpaired) electrons. The van der Waals surface area contributed by atoms with Crippen molar-refractivity contribution in [1.29, 1.82) is 0 Å². The predicted molar refractivity (Wildman–Crippen MR) is 74.2 cm³/mol. The van der Waals surface area contributed by atoms with E-state index in [-0.39, 0.29) is 0 Å². The third-order valence-corrected chi connectivity index (χ3v) is 4.50. The van der Waals surface area contributed by atoms with Crippen molar-refractivity contribution in [2.24, 2.45) is 0 Å². The number of halogens is 1. The Morgan fingerprint density at radius 2 is 2.24 bits per heavy atom. The van der Waals surface area contributed by atoms with Gasteiger partial charge in [0.2, 0.25) is 0 Å². The van der Waals surface area contributed by atoms with Crippen LogP contribution in [-0.4, -0.2) is 31.1 Å². The Morgan fingerprint density at radius 3 is 3.00 bits per heavy atom. The van der Waals surface area contributed by atoms with Crippen molar-refractivity contribution in [3.8, 4) is 0 Å². The molecule has 2 nitrogen and oxygen atoms in total. The van der Waals surface area contributed by atoms with Gasteiger partial charge in [-0.25, -0.2) is 0 Å². The maximum Gasteiger partial charge on any atom is 0.0329 e. The lowest BCUT2D eigenvalue weighted by Crippen LogP contribution is -2.33. The molecule has 1 aromatic rings. The van der Waals surface area contributed by atoms with Gasteiger partial charge in [-0.05, 0) is 56.1 Å². The van der Waals surface area contributed by atoms with E-state index in [1.165, 1.54) is 48.0 Å². The lowest BCUT2D eigenvalue weighted by Gasteiger charge is -2.19. The Bertz CT molecular complexity index is 419. The Hall–Kier alpha value is -0.380. The zero-order valence-corrected chi connectivity index (χ0v) is 11.8. The van der Waals surface area contributed by atoms with Crippen molar-refractivity contribution >= 4 is 15.9 Å². The largest absolute Gasteiger partial charge is 0.306 e. The molecule has 1 N–H and O–H groups in total. The molecule has 2 unspecified atom stereocenters. The van der Waals surface area contributed by atoms with Crippen LogP contribution in [0.4, 0.5) is 0 Å². The van der Waals surface area contributed by atoms with Gasteiger partial charge in [0.15, 0.2) is 0 Å². The standard InChI is InChI=1S/C14H19BrN2/c1-17-7-6-12(9-17)16-14-5-2-10-8-11(15)3-4-13(10)14/h3-4,8,12,14,16H,2,5-7,9H2,1H3. The first-order valence-corrected chi connectivity index (χ1v) is 7.24. The van der Waals surface area contributed by atoms with Gasteiger partial charge in [-0.1, -0.05) is 22.0 Å². The number of nitrogens with zero attached hydrogens (tertiary/aromatic N) is 1. The van der Waals surface area contributed by atoms with Crippen LogP contribution in [0.2, 0.25) is 0 Å². The molecule has 0 spiro atoms. The number of benzene rings is 1. The second-order valence-electron chi connectivity index (χ2n) is 5.35. The van der Waals surface area contributed by atoms with Gasteiger partial charge in [0, 0.05) is 23.1 Å². The number of aryl methyl sites for hydroxylation is 1. The molecule has 2 aliphatic rings. The summed E-state index contributed by atoms with van der Waals surface area (Å²) in [5.41, 5.74) is 3.03. The Kier molecular flexibility index (Phi) is 3.24. The van der Waals surface area contributed by atoms with Crippen molar-refractivity contribution < 1.29 is 0 Å². The average molecular weight is 295 g/mol. The van der Waals surface area contributed by atoms with Crippen LogP contribution in [0.5, 0.6) is 0 Å². The van der Waals surface area contributed by atoms with Crippen LogP contribution >= 0.6 is 15.9 Å². The van der Waals surface area contributed by atoms with Crippen molar-refractivity contribution in [2.75, 3.05) is 20.1 Å². The second-order valence-corrected chi connectivity index (χ2v) is 6.26. The monoisotopic (exact) mass is 294 g/mol. The molecule has 1 aromatic carbocycles. The Morgan fingerprint density at radius 1 is 1.35 bits per heavy atom. The fourth-order valence-electron chi connectivity index (χ4n) is 3.11. The summed E-state index contributed by atoms with van der Waals surface area (Å²) in [6.07, 6.45) is 3.76. The maximum atomic E-state index is 3.83. The first-order chi connectivity index (χ1) is 8.22. The summed E-state index contributed by atoms with van der Waals surface area (Å²) in [5, 5.41) is 3.83. The van der Waals surface area contributed by atoms with Gasteiger partial charge < -0.3 is 10.2 Å². The number of hydrogen-bond donors (Lipinski definition) is 1. The number of rotatable bonds is 2. The minimum absolute atomic E-state index is 0.578. The van der Waals surface area contributed by atoms with Gasteiger partial charge in [0.05, 0.1) is 0 Å². The third kappa shape index (κ3) is 2.42. The molecule has 1 aliphatic carbocycles. The molecule has 92 valence electrons. The van der Waals surface area contributed by atoms with Gasteiger partial charge in [0.1, 0.15) is 0 Å². The SMILES string of the molecule is CN1CCC(NC2CCc3cc(Br)ccc32)C1. The van der Waals surface area contributed by atoms with Crippen molar-refractivity contribution in [3.63, 3.8) is 0 Å².